The predicted molar refractivity (Wildman–Crippen MR) is 108 cm³/mol. The number of methoxy groups -OCH3 is 1. The van der Waals surface area contributed by atoms with Crippen LogP contribution in [-0.4, -0.2) is 32.6 Å². The highest BCUT2D eigenvalue weighted by molar-refractivity contribution is 7.92. The minimum absolute atomic E-state index is 0.0267. The average molecular weight is 415 g/mol. The Labute approximate surface area is 169 Å². The van der Waals surface area contributed by atoms with Crippen molar-refractivity contribution in [3.05, 3.63) is 64.7 Å². The second-order valence-electron chi connectivity index (χ2n) is 6.64. The van der Waals surface area contributed by atoms with Gasteiger partial charge in [-0.25, -0.2) is 18.0 Å². The monoisotopic (exact) mass is 415 g/mol. The number of benzene rings is 2. The highest BCUT2D eigenvalue weighted by atomic mass is 32.2. The topological polar surface area (TPSA) is 110 Å². The molecule has 7 nitrogen and oxygen atoms in total. The number of aryl methyl sites for hydroxylation is 1. The maximum atomic E-state index is 12.9. The van der Waals surface area contributed by atoms with Crippen LogP contribution in [0.4, 0.5) is 5.69 Å². The predicted octanol–water partition coefficient (Wildman–Crippen LogP) is 3.25. The molecule has 0 bridgehead atoms. The Morgan fingerprint density at radius 2 is 1.83 bits per heavy atom. The molecule has 0 unspecified atom stereocenters. The van der Waals surface area contributed by atoms with E-state index in [9.17, 15) is 18.0 Å². The molecule has 0 amide bonds. The fraction of sp³-hybridized carbons (Fsp3) is 0.238. The van der Waals surface area contributed by atoms with Crippen LogP contribution in [0.2, 0.25) is 0 Å². The maximum absolute atomic E-state index is 12.9. The van der Waals surface area contributed by atoms with Crippen molar-refractivity contribution in [3.63, 3.8) is 0 Å². The smallest absolute Gasteiger partial charge is 0.340 e. The number of aliphatic carboxylic acids is 1. The number of carboxylic acids is 1. The summed E-state index contributed by atoms with van der Waals surface area (Å²) in [5.74, 6) is -1.85. The lowest BCUT2D eigenvalue weighted by atomic mass is 9.85. The first-order valence-corrected chi connectivity index (χ1v) is 10.6. The molecule has 0 aliphatic heterocycles. The van der Waals surface area contributed by atoms with Gasteiger partial charge in [0.1, 0.15) is 0 Å². The third kappa shape index (κ3) is 4.48. The minimum Gasteiger partial charge on any atom is -0.478 e. The summed E-state index contributed by atoms with van der Waals surface area (Å²) in [4.78, 5) is 23.7. The summed E-state index contributed by atoms with van der Waals surface area (Å²) in [5, 5.41) is 9.02. The molecule has 2 N–H and O–H groups in total. The van der Waals surface area contributed by atoms with E-state index < -0.39 is 22.0 Å². The van der Waals surface area contributed by atoms with E-state index in [-0.39, 0.29) is 16.1 Å². The largest absolute Gasteiger partial charge is 0.478 e. The van der Waals surface area contributed by atoms with Crippen molar-refractivity contribution in [2.45, 2.75) is 30.6 Å². The zero-order valence-corrected chi connectivity index (χ0v) is 16.7. The summed E-state index contributed by atoms with van der Waals surface area (Å²) in [6.07, 6.45) is 5.33. The minimum atomic E-state index is -4.00. The number of carbonyl (C=O) groups is 2. The van der Waals surface area contributed by atoms with Gasteiger partial charge < -0.3 is 9.84 Å². The highest BCUT2D eigenvalue weighted by Gasteiger charge is 2.27. The van der Waals surface area contributed by atoms with Gasteiger partial charge >= 0.3 is 11.9 Å². The van der Waals surface area contributed by atoms with Crippen LogP contribution in [0.3, 0.4) is 0 Å². The lowest BCUT2D eigenvalue weighted by Crippen LogP contribution is -2.20. The number of anilines is 1. The lowest BCUT2D eigenvalue weighted by molar-refractivity contribution is -0.131. The van der Waals surface area contributed by atoms with Crippen molar-refractivity contribution < 1.29 is 27.9 Å². The van der Waals surface area contributed by atoms with Crippen LogP contribution in [0, 0.1) is 0 Å². The van der Waals surface area contributed by atoms with E-state index in [0.29, 0.717) is 12.0 Å². The van der Waals surface area contributed by atoms with Crippen LogP contribution >= 0.6 is 0 Å². The van der Waals surface area contributed by atoms with Gasteiger partial charge in [0.2, 0.25) is 0 Å². The first-order valence-electron chi connectivity index (χ1n) is 9.09. The van der Waals surface area contributed by atoms with E-state index >= 15 is 0 Å². The normalized spacial score (nSPS) is 13.7. The Kier molecular flexibility index (Phi) is 6.03. The number of hydrogen-bond donors (Lipinski definition) is 2. The number of carboxylic acid groups (broad SMARTS) is 1. The fourth-order valence-corrected chi connectivity index (χ4v) is 4.57. The van der Waals surface area contributed by atoms with Crippen molar-refractivity contribution in [2.75, 3.05) is 11.8 Å². The van der Waals surface area contributed by atoms with Crippen molar-refractivity contribution >= 4 is 33.7 Å². The molecular weight excluding hydrogens is 394 g/mol. The summed E-state index contributed by atoms with van der Waals surface area (Å²) in [6, 6.07) is 9.49. The van der Waals surface area contributed by atoms with Gasteiger partial charge in [-0.1, -0.05) is 18.2 Å². The van der Waals surface area contributed by atoms with Gasteiger partial charge in [0.05, 0.1) is 23.3 Å². The van der Waals surface area contributed by atoms with Crippen LogP contribution < -0.4 is 4.72 Å². The Hall–Kier alpha value is -3.13. The molecule has 2 aromatic carbocycles. The fourth-order valence-electron chi connectivity index (χ4n) is 3.45. The molecule has 0 heterocycles. The molecule has 1 aliphatic rings. The molecule has 0 fully saturated rings. The van der Waals surface area contributed by atoms with Crippen molar-refractivity contribution in [3.8, 4) is 0 Å². The van der Waals surface area contributed by atoms with Gasteiger partial charge in [-0.15, -0.1) is 0 Å². The SMILES string of the molecule is COC(=O)c1c2c(cc(C=CC(=O)O)c1NS(=O)(=O)c1ccccc1)CCCC2. The molecule has 0 spiro atoms. The van der Waals surface area contributed by atoms with E-state index in [4.69, 9.17) is 9.84 Å². The number of sulfonamides is 1. The number of fused-ring (bicyclic) bond motifs is 1. The first kappa shape index (κ1) is 20.6. The molecule has 152 valence electrons. The van der Waals surface area contributed by atoms with Crippen LogP contribution in [0.25, 0.3) is 6.08 Å². The number of hydrogen-bond acceptors (Lipinski definition) is 5. The number of ether oxygens (including phenoxy) is 1. The third-order valence-corrected chi connectivity index (χ3v) is 6.13. The van der Waals surface area contributed by atoms with Crippen molar-refractivity contribution in [2.24, 2.45) is 0 Å². The lowest BCUT2D eigenvalue weighted by Gasteiger charge is -2.23. The van der Waals surface area contributed by atoms with E-state index in [1.165, 1.54) is 25.3 Å². The summed E-state index contributed by atoms with van der Waals surface area (Å²) >= 11 is 0. The maximum Gasteiger partial charge on any atom is 0.340 e. The first-order chi connectivity index (χ1) is 13.8. The second kappa shape index (κ2) is 8.48. The molecule has 0 saturated carbocycles. The summed E-state index contributed by atoms with van der Waals surface area (Å²) in [7, 11) is -2.78. The quantitative estimate of drug-likeness (QED) is 0.554. The molecule has 0 atom stereocenters. The molecule has 1 aliphatic carbocycles. The van der Waals surface area contributed by atoms with E-state index in [1.54, 1.807) is 24.3 Å². The standard InChI is InChI=1S/C21H21NO6S/c1-28-21(25)19-17-10-6-5-7-14(17)13-15(11-12-18(23)24)20(19)22-29(26,27)16-8-3-2-4-9-16/h2-4,8-9,11-13,22H,5-7,10H2,1H3,(H,23,24). The van der Waals surface area contributed by atoms with E-state index in [2.05, 4.69) is 4.72 Å². The van der Waals surface area contributed by atoms with Gasteiger partial charge in [-0.2, -0.15) is 0 Å². The van der Waals surface area contributed by atoms with Crippen LogP contribution in [0.5, 0.6) is 0 Å². The second-order valence-corrected chi connectivity index (χ2v) is 8.32. The molecule has 0 saturated heterocycles. The summed E-state index contributed by atoms with van der Waals surface area (Å²) in [6.45, 7) is 0. The Morgan fingerprint density at radius 3 is 2.48 bits per heavy atom. The van der Waals surface area contributed by atoms with Crippen LogP contribution in [0.15, 0.2) is 47.4 Å². The van der Waals surface area contributed by atoms with Gasteiger partial charge in [0.15, 0.2) is 0 Å². The van der Waals surface area contributed by atoms with E-state index in [1.807, 2.05) is 0 Å². The Balaban J connectivity index is 2.24. The van der Waals surface area contributed by atoms with Crippen LogP contribution in [0.1, 0.15) is 39.9 Å². The summed E-state index contributed by atoms with van der Waals surface area (Å²) < 4.78 is 33.3. The number of nitrogens with one attached hydrogen (secondary N) is 1. The Bertz CT molecular complexity index is 1070. The Morgan fingerprint density at radius 1 is 1.14 bits per heavy atom. The molecular formula is C21H21NO6S. The molecule has 0 radical (unpaired) electrons. The molecule has 3 rings (SSSR count). The molecule has 29 heavy (non-hydrogen) atoms. The average Bonchev–Trinajstić information content (AvgIpc) is 2.72. The zero-order chi connectivity index (χ0) is 21.0. The van der Waals surface area contributed by atoms with Gasteiger partial charge in [-0.05, 0) is 61.1 Å². The third-order valence-electron chi connectivity index (χ3n) is 4.77. The molecule has 0 aromatic heterocycles. The van der Waals surface area contributed by atoms with Gasteiger partial charge in [-0.3, -0.25) is 4.72 Å². The van der Waals surface area contributed by atoms with Crippen molar-refractivity contribution in [1.82, 2.24) is 0 Å². The van der Waals surface area contributed by atoms with Crippen molar-refractivity contribution in [1.29, 1.82) is 0 Å². The van der Waals surface area contributed by atoms with Gasteiger partial charge in [0, 0.05) is 11.6 Å². The molecule has 8 heteroatoms. The van der Waals surface area contributed by atoms with Gasteiger partial charge in [0.25, 0.3) is 10.0 Å². The molecule has 2 aromatic rings. The van der Waals surface area contributed by atoms with Crippen LogP contribution in [-0.2, 0) is 32.4 Å². The number of esters is 1. The summed E-state index contributed by atoms with van der Waals surface area (Å²) in [5.41, 5.74) is 2.09. The number of carbonyl (C=O) groups excluding carboxylic acids is 1. The van der Waals surface area contributed by atoms with E-state index in [0.717, 1.165) is 36.5 Å². The highest BCUT2D eigenvalue weighted by Crippen LogP contribution is 2.35. The number of rotatable bonds is 6. The zero-order valence-electron chi connectivity index (χ0n) is 15.8.